The number of piperazine rings is 1. The largest absolute Gasteiger partial charge is 0.366 e. The Morgan fingerprint density at radius 3 is 2.58 bits per heavy atom. The zero-order valence-corrected chi connectivity index (χ0v) is 23.6. The second-order valence-electron chi connectivity index (χ2n) is 11.1. The minimum absolute atomic E-state index is 0.0828. The highest BCUT2D eigenvalue weighted by molar-refractivity contribution is 7.14. The molecule has 0 bridgehead atoms. The van der Waals surface area contributed by atoms with Gasteiger partial charge in [0.25, 0.3) is 5.91 Å². The SMILES string of the molecule is CC(C)C[C@H](NC(=O)c1ccc(-c2nc(N3CCN(C)CC3)sc2F)cc1)C(=O)N1C[C@@H](C#N)[C@H]2OCC(=O)[C@H]21. The Labute approximate surface area is 236 Å². The molecule has 1 aromatic heterocycles. The van der Waals surface area contributed by atoms with Crippen LogP contribution in [0.15, 0.2) is 24.3 Å². The molecule has 10 nitrogen and oxygen atoms in total. The van der Waals surface area contributed by atoms with Gasteiger partial charge in [0.1, 0.15) is 30.5 Å². The van der Waals surface area contributed by atoms with E-state index in [-0.39, 0.29) is 35.7 Å². The van der Waals surface area contributed by atoms with Crippen LogP contribution in [-0.4, -0.2) is 96.9 Å². The number of likely N-dealkylation sites (N-methyl/N-ethyl adjacent to an activating group) is 1. The fourth-order valence-electron chi connectivity index (χ4n) is 5.51. The van der Waals surface area contributed by atoms with Crippen LogP contribution in [0.25, 0.3) is 11.3 Å². The lowest BCUT2D eigenvalue weighted by Gasteiger charge is -2.31. The highest BCUT2D eigenvalue weighted by atomic mass is 32.1. The van der Waals surface area contributed by atoms with Gasteiger partial charge in [-0.3, -0.25) is 14.4 Å². The Kier molecular flexibility index (Phi) is 8.16. The summed E-state index contributed by atoms with van der Waals surface area (Å²) in [5.74, 6) is -1.59. The van der Waals surface area contributed by atoms with Crippen molar-refractivity contribution in [2.45, 2.75) is 38.5 Å². The van der Waals surface area contributed by atoms with Crippen molar-refractivity contribution in [3.05, 3.63) is 35.0 Å². The number of anilines is 1. The third-order valence-electron chi connectivity index (χ3n) is 7.71. The first-order chi connectivity index (χ1) is 19.2. The van der Waals surface area contributed by atoms with E-state index >= 15 is 0 Å². The number of nitrogens with zero attached hydrogens (tertiary/aromatic N) is 5. The van der Waals surface area contributed by atoms with Crippen molar-refractivity contribution in [3.8, 4) is 17.3 Å². The Balaban J connectivity index is 1.29. The molecule has 1 aromatic carbocycles. The van der Waals surface area contributed by atoms with E-state index in [2.05, 4.69) is 33.2 Å². The van der Waals surface area contributed by atoms with Crippen LogP contribution in [0.5, 0.6) is 0 Å². The second kappa shape index (κ2) is 11.6. The molecule has 4 heterocycles. The van der Waals surface area contributed by atoms with Gasteiger partial charge < -0.3 is 24.8 Å². The monoisotopic (exact) mass is 568 g/mol. The summed E-state index contributed by atoms with van der Waals surface area (Å²) in [4.78, 5) is 49.4. The molecule has 2 aromatic rings. The Morgan fingerprint density at radius 2 is 1.93 bits per heavy atom. The predicted molar refractivity (Wildman–Crippen MR) is 147 cm³/mol. The number of nitriles is 1. The predicted octanol–water partition coefficient (Wildman–Crippen LogP) is 2.16. The van der Waals surface area contributed by atoms with Crippen molar-refractivity contribution in [2.24, 2.45) is 11.8 Å². The third-order valence-corrected chi connectivity index (χ3v) is 8.62. The molecule has 3 aliphatic rings. The summed E-state index contributed by atoms with van der Waals surface area (Å²) >= 11 is 1.02. The van der Waals surface area contributed by atoms with Crippen LogP contribution in [-0.2, 0) is 14.3 Å². The van der Waals surface area contributed by atoms with Crippen LogP contribution in [0.2, 0.25) is 0 Å². The van der Waals surface area contributed by atoms with Crippen molar-refractivity contribution >= 4 is 34.1 Å². The molecule has 212 valence electrons. The van der Waals surface area contributed by atoms with E-state index in [0.29, 0.717) is 22.7 Å². The van der Waals surface area contributed by atoms with Gasteiger partial charge in [0.2, 0.25) is 11.0 Å². The number of aromatic nitrogens is 1. The summed E-state index contributed by atoms with van der Waals surface area (Å²) in [7, 11) is 2.06. The number of ether oxygens (including phenoxy) is 1. The van der Waals surface area contributed by atoms with Crippen LogP contribution in [0.3, 0.4) is 0 Å². The summed E-state index contributed by atoms with van der Waals surface area (Å²) < 4.78 is 20.3. The van der Waals surface area contributed by atoms with Crippen molar-refractivity contribution in [3.63, 3.8) is 0 Å². The number of carbonyl (C=O) groups is 3. The molecular weight excluding hydrogens is 535 g/mol. The molecule has 40 heavy (non-hydrogen) atoms. The lowest BCUT2D eigenvalue weighted by molar-refractivity contribution is -0.138. The summed E-state index contributed by atoms with van der Waals surface area (Å²) in [5, 5.41) is 12.6. The summed E-state index contributed by atoms with van der Waals surface area (Å²) in [6.45, 7) is 7.20. The summed E-state index contributed by atoms with van der Waals surface area (Å²) in [5.41, 5.74) is 1.12. The lowest BCUT2D eigenvalue weighted by atomic mass is 10.0. The zero-order chi connectivity index (χ0) is 28.6. The van der Waals surface area contributed by atoms with E-state index in [4.69, 9.17) is 4.74 Å². The zero-order valence-electron chi connectivity index (χ0n) is 22.8. The molecule has 4 atom stereocenters. The average molecular weight is 569 g/mol. The smallest absolute Gasteiger partial charge is 0.251 e. The number of hydrogen-bond acceptors (Lipinski definition) is 9. The molecule has 1 N–H and O–H groups in total. The van der Waals surface area contributed by atoms with Gasteiger partial charge in [-0.05, 0) is 31.5 Å². The van der Waals surface area contributed by atoms with Gasteiger partial charge in [0.05, 0.1) is 12.0 Å². The molecule has 5 rings (SSSR count). The number of likely N-dealkylation sites (tertiary alicyclic amines) is 1. The maximum absolute atomic E-state index is 14.8. The van der Waals surface area contributed by atoms with Gasteiger partial charge in [-0.15, -0.1) is 0 Å². The first kappa shape index (κ1) is 28.1. The number of benzene rings is 1. The van der Waals surface area contributed by atoms with E-state index in [1.165, 1.54) is 4.90 Å². The van der Waals surface area contributed by atoms with Gasteiger partial charge in [-0.1, -0.05) is 37.3 Å². The van der Waals surface area contributed by atoms with Crippen LogP contribution < -0.4 is 10.2 Å². The maximum atomic E-state index is 14.8. The van der Waals surface area contributed by atoms with Gasteiger partial charge in [-0.2, -0.15) is 9.65 Å². The normalized spacial score (nSPS) is 23.8. The standard InChI is InChI=1S/C28H33FN6O4S/c1-16(2)12-20(27(38)35-14-19(13-30)24-23(35)21(36)15-39-24)31-26(37)18-6-4-17(5-7-18)22-25(29)40-28(32-22)34-10-8-33(3)9-11-34/h4-7,16,19-20,23-24H,8-12,14-15H2,1-3H3,(H,31,37)/t19-,20+,23-,24-/m1/s1. The van der Waals surface area contributed by atoms with Crippen molar-refractivity contribution in [2.75, 3.05) is 51.3 Å². The maximum Gasteiger partial charge on any atom is 0.251 e. The van der Waals surface area contributed by atoms with Crippen LogP contribution in [0, 0.1) is 28.3 Å². The van der Waals surface area contributed by atoms with Crippen molar-refractivity contribution in [1.29, 1.82) is 5.26 Å². The molecule has 3 fully saturated rings. The topological polar surface area (TPSA) is 119 Å². The highest BCUT2D eigenvalue weighted by Gasteiger charge is 2.53. The average Bonchev–Trinajstić information content (AvgIpc) is 3.62. The number of Topliss-reactive ketones (excluding diaryl/α,β-unsaturated/α-hetero) is 1. The van der Waals surface area contributed by atoms with Crippen molar-refractivity contribution in [1.82, 2.24) is 20.1 Å². The van der Waals surface area contributed by atoms with Crippen LogP contribution >= 0.6 is 11.3 Å². The van der Waals surface area contributed by atoms with Gasteiger partial charge in [0.15, 0.2) is 10.9 Å². The molecule has 0 unspecified atom stereocenters. The number of rotatable bonds is 7. The molecule has 0 spiro atoms. The van der Waals surface area contributed by atoms with E-state index < -0.39 is 35.9 Å². The molecule has 0 saturated carbocycles. The Bertz CT molecular complexity index is 1320. The summed E-state index contributed by atoms with van der Waals surface area (Å²) in [6, 6.07) is 6.93. The third kappa shape index (κ3) is 5.59. The molecule has 3 saturated heterocycles. The number of carbonyl (C=O) groups excluding carboxylic acids is 3. The Morgan fingerprint density at radius 1 is 1.23 bits per heavy atom. The molecule has 2 amide bonds. The number of thiazole rings is 1. The molecular formula is C28H33FN6O4S. The number of fused-ring (bicyclic) bond motifs is 1. The van der Waals surface area contributed by atoms with E-state index in [1.807, 2.05) is 13.8 Å². The highest BCUT2D eigenvalue weighted by Crippen LogP contribution is 2.33. The molecule has 0 radical (unpaired) electrons. The van der Waals surface area contributed by atoms with Gasteiger partial charge in [0, 0.05) is 43.9 Å². The summed E-state index contributed by atoms with van der Waals surface area (Å²) in [6.07, 6.45) is -0.269. The van der Waals surface area contributed by atoms with Gasteiger partial charge in [-0.25, -0.2) is 4.98 Å². The minimum atomic E-state index is -0.874. The van der Waals surface area contributed by atoms with E-state index in [9.17, 15) is 24.0 Å². The minimum Gasteiger partial charge on any atom is -0.366 e. The first-order valence-corrected chi connectivity index (χ1v) is 14.3. The van der Waals surface area contributed by atoms with Crippen LogP contribution in [0.1, 0.15) is 30.6 Å². The fraction of sp³-hybridized carbons (Fsp3) is 0.536. The number of amides is 2. The fourth-order valence-corrected chi connectivity index (χ4v) is 6.38. The number of nitrogens with one attached hydrogen (secondary N) is 1. The van der Waals surface area contributed by atoms with Gasteiger partial charge >= 0.3 is 0 Å². The molecule has 12 heteroatoms. The number of hydrogen-bond donors (Lipinski definition) is 1. The van der Waals surface area contributed by atoms with E-state index in [1.54, 1.807) is 24.3 Å². The second-order valence-corrected chi connectivity index (χ2v) is 12.0. The first-order valence-electron chi connectivity index (χ1n) is 13.5. The van der Waals surface area contributed by atoms with E-state index in [0.717, 1.165) is 37.5 Å². The number of halogens is 1. The lowest BCUT2D eigenvalue weighted by Crippen LogP contribution is -2.52. The van der Waals surface area contributed by atoms with Crippen LogP contribution in [0.4, 0.5) is 9.52 Å². The molecule has 3 aliphatic heterocycles. The number of ketones is 1. The van der Waals surface area contributed by atoms with Crippen molar-refractivity contribution < 1.29 is 23.5 Å². The quantitative estimate of drug-likeness (QED) is 0.540. The Hall–Kier alpha value is -3.40. The molecule has 0 aliphatic carbocycles.